The van der Waals surface area contributed by atoms with Crippen molar-refractivity contribution in [2.45, 2.75) is 105 Å². The molecule has 0 spiro atoms. The normalized spacial score (nSPS) is 17.9. The predicted molar refractivity (Wildman–Crippen MR) is 147 cm³/mol. The lowest BCUT2D eigenvalue weighted by Crippen LogP contribution is -2.35. The zero-order valence-corrected chi connectivity index (χ0v) is 23.2. The summed E-state index contributed by atoms with van der Waals surface area (Å²) in [5.74, 6) is 0. The largest absolute Gasteiger partial charge is 0.338 e. The second-order valence-electron chi connectivity index (χ2n) is 12.2. The number of rotatable bonds is 7. The van der Waals surface area contributed by atoms with Gasteiger partial charge in [-0.25, -0.2) is 0 Å². The Balaban J connectivity index is 2.13. The molecule has 1 nitrogen and oxygen atoms in total. The van der Waals surface area contributed by atoms with E-state index in [1.54, 1.807) is 0 Å². The van der Waals surface area contributed by atoms with Crippen molar-refractivity contribution in [3.63, 3.8) is 0 Å². The Hall–Kier alpha value is -1.73. The molecule has 1 aliphatic rings. The minimum atomic E-state index is 0.131. The zero-order valence-electron chi connectivity index (χ0n) is 22.4. The van der Waals surface area contributed by atoms with Crippen LogP contribution in [0.3, 0.4) is 0 Å². The van der Waals surface area contributed by atoms with Crippen LogP contribution in [0.25, 0.3) is 0 Å². The Morgan fingerprint density at radius 2 is 1.61 bits per heavy atom. The summed E-state index contributed by atoms with van der Waals surface area (Å²) < 4.78 is 0. The first-order valence-corrected chi connectivity index (χ1v) is 13.0. The molecule has 0 bridgehead atoms. The number of anilines is 2. The summed E-state index contributed by atoms with van der Waals surface area (Å²) in [6.45, 7) is 25.4. The average molecular weight is 466 g/mol. The first kappa shape index (κ1) is 25.9. The van der Waals surface area contributed by atoms with Crippen LogP contribution in [0.2, 0.25) is 5.02 Å². The van der Waals surface area contributed by atoms with E-state index < -0.39 is 0 Å². The van der Waals surface area contributed by atoms with Gasteiger partial charge >= 0.3 is 0 Å². The summed E-state index contributed by atoms with van der Waals surface area (Å²) in [7, 11) is 0. The summed E-state index contributed by atoms with van der Waals surface area (Å²) in [6, 6.07) is 13.8. The molecule has 1 aliphatic carbocycles. The van der Waals surface area contributed by atoms with E-state index in [2.05, 4.69) is 104 Å². The second-order valence-corrected chi connectivity index (χ2v) is 12.7. The van der Waals surface area contributed by atoms with Gasteiger partial charge in [0, 0.05) is 22.4 Å². The van der Waals surface area contributed by atoms with Gasteiger partial charge in [-0.3, -0.25) is 0 Å². The highest BCUT2D eigenvalue weighted by Gasteiger charge is 2.37. The van der Waals surface area contributed by atoms with Crippen LogP contribution in [-0.4, -0.2) is 6.04 Å². The minimum absolute atomic E-state index is 0.131. The summed E-state index contributed by atoms with van der Waals surface area (Å²) in [5.41, 5.74) is 8.39. The fourth-order valence-corrected chi connectivity index (χ4v) is 5.50. The Bertz CT molecular complexity index is 1010. The quantitative estimate of drug-likeness (QED) is 0.367. The van der Waals surface area contributed by atoms with E-state index in [0.29, 0.717) is 0 Å². The molecule has 1 unspecified atom stereocenters. The molecule has 2 heteroatoms. The van der Waals surface area contributed by atoms with Crippen molar-refractivity contribution in [1.82, 2.24) is 0 Å². The molecule has 0 N–H and O–H groups in total. The first-order chi connectivity index (χ1) is 15.2. The summed E-state index contributed by atoms with van der Waals surface area (Å²) in [5, 5.41) is 0.786. The fourth-order valence-electron chi connectivity index (χ4n) is 5.21. The lowest BCUT2D eigenvalue weighted by molar-refractivity contribution is 0.332. The van der Waals surface area contributed by atoms with E-state index in [-0.39, 0.29) is 22.3 Å². The van der Waals surface area contributed by atoms with Crippen LogP contribution in [0.1, 0.15) is 97.8 Å². The molecule has 1 atom stereocenters. The summed E-state index contributed by atoms with van der Waals surface area (Å²) in [6.07, 6.45) is 4.48. The number of aryl methyl sites for hydroxylation is 1. The molecule has 0 saturated heterocycles. The average Bonchev–Trinajstić information content (AvgIpc) is 2.71. The van der Waals surface area contributed by atoms with E-state index >= 15 is 0 Å². The molecule has 0 radical (unpaired) electrons. The molecule has 180 valence electrons. The van der Waals surface area contributed by atoms with E-state index in [0.717, 1.165) is 23.6 Å². The maximum atomic E-state index is 6.54. The van der Waals surface area contributed by atoms with Crippen LogP contribution >= 0.6 is 11.6 Å². The SMILES string of the molecule is C=C(CC(C)N(c1cc(C)cc(Cl)c1)c1ccc2c(c1)C(C)(C)CCC2(C)C)C(C)(C)CC. The molecule has 0 fully saturated rings. The van der Waals surface area contributed by atoms with Gasteiger partial charge in [0.25, 0.3) is 0 Å². The predicted octanol–water partition coefficient (Wildman–Crippen LogP) is 9.91. The van der Waals surface area contributed by atoms with E-state index in [4.69, 9.17) is 11.6 Å². The number of nitrogens with zero attached hydrogens (tertiary/aromatic N) is 1. The third kappa shape index (κ3) is 5.35. The van der Waals surface area contributed by atoms with Crippen molar-refractivity contribution in [3.05, 3.63) is 70.3 Å². The van der Waals surface area contributed by atoms with Crippen molar-refractivity contribution in [1.29, 1.82) is 0 Å². The number of halogens is 1. The Morgan fingerprint density at radius 1 is 1.00 bits per heavy atom. The smallest absolute Gasteiger partial charge is 0.0430 e. The number of benzene rings is 2. The van der Waals surface area contributed by atoms with Gasteiger partial charge in [-0.2, -0.15) is 0 Å². The minimum Gasteiger partial charge on any atom is -0.338 e. The lowest BCUT2D eigenvalue weighted by atomic mass is 9.63. The van der Waals surface area contributed by atoms with E-state index in [1.807, 2.05) is 6.07 Å². The van der Waals surface area contributed by atoms with Crippen molar-refractivity contribution in [3.8, 4) is 0 Å². The van der Waals surface area contributed by atoms with Gasteiger partial charge in [-0.1, -0.05) is 78.3 Å². The summed E-state index contributed by atoms with van der Waals surface area (Å²) >= 11 is 6.54. The van der Waals surface area contributed by atoms with Gasteiger partial charge in [0.2, 0.25) is 0 Å². The maximum absolute atomic E-state index is 6.54. The number of fused-ring (bicyclic) bond motifs is 1. The maximum Gasteiger partial charge on any atom is 0.0430 e. The van der Waals surface area contributed by atoms with Gasteiger partial charge in [0.15, 0.2) is 0 Å². The van der Waals surface area contributed by atoms with Crippen molar-refractivity contribution < 1.29 is 0 Å². The van der Waals surface area contributed by atoms with Crippen LogP contribution in [0.15, 0.2) is 48.6 Å². The van der Waals surface area contributed by atoms with Gasteiger partial charge in [0.05, 0.1) is 0 Å². The van der Waals surface area contributed by atoms with Crippen LogP contribution in [-0.2, 0) is 10.8 Å². The topological polar surface area (TPSA) is 3.24 Å². The molecule has 2 aromatic carbocycles. The fraction of sp³-hybridized carbons (Fsp3) is 0.548. The van der Waals surface area contributed by atoms with Gasteiger partial charge < -0.3 is 4.90 Å². The lowest BCUT2D eigenvalue weighted by Gasteiger charge is -2.43. The highest BCUT2D eigenvalue weighted by atomic mass is 35.5. The third-order valence-corrected chi connectivity index (χ3v) is 8.46. The molecule has 0 saturated carbocycles. The Morgan fingerprint density at radius 3 is 2.18 bits per heavy atom. The van der Waals surface area contributed by atoms with Crippen LogP contribution < -0.4 is 4.90 Å². The first-order valence-electron chi connectivity index (χ1n) is 12.6. The number of hydrogen-bond donors (Lipinski definition) is 0. The van der Waals surface area contributed by atoms with Crippen LogP contribution in [0.4, 0.5) is 11.4 Å². The molecule has 2 aromatic rings. The molecule has 0 heterocycles. The molecule has 0 amide bonds. The highest BCUT2D eigenvalue weighted by Crippen LogP contribution is 2.48. The van der Waals surface area contributed by atoms with Crippen molar-refractivity contribution in [2.75, 3.05) is 4.90 Å². The monoisotopic (exact) mass is 465 g/mol. The molecular weight excluding hydrogens is 422 g/mol. The standard InChI is InChI=1S/C31H44ClN/c1-11-29(5,6)22(3)18-23(4)33(26-17-21(2)16-24(32)19-26)25-12-13-27-28(20-25)31(9,10)15-14-30(27,7)8/h12-13,16-17,19-20,23H,3,11,14-15,18H2,1-2,4-10H3. The molecular formula is C31H44ClN. The molecule has 33 heavy (non-hydrogen) atoms. The van der Waals surface area contributed by atoms with Gasteiger partial charge in [-0.05, 0) is 103 Å². The van der Waals surface area contributed by atoms with Crippen molar-refractivity contribution in [2.24, 2.45) is 5.41 Å². The van der Waals surface area contributed by atoms with Crippen LogP contribution in [0, 0.1) is 12.3 Å². The van der Waals surface area contributed by atoms with Gasteiger partial charge in [-0.15, -0.1) is 0 Å². The summed E-state index contributed by atoms with van der Waals surface area (Å²) in [4.78, 5) is 2.48. The van der Waals surface area contributed by atoms with Gasteiger partial charge in [0.1, 0.15) is 0 Å². The zero-order chi connectivity index (χ0) is 24.8. The second kappa shape index (κ2) is 9.14. The Kier molecular flexibility index (Phi) is 7.17. The third-order valence-electron chi connectivity index (χ3n) is 8.24. The number of hydrogen-bond acceptors (Lipinski definition) is 1. The van der Waals surface area contributed by atoms with Crippen LogP contribution in [0.5, 0.6) is 0 Å². The Labute approximate surface area is 208 Å². The molecule has 0 aliphatic heterocycles. The molecule has 0 aromatic heterocycles. The van der Waals surface area contributed by atoms with Crippen molar-refractivity contribution >= 4 is 23.0 Å². The van der Waals surface area contributed by atoms with E-state index in [1.165, 1.54) is 40.8 Å². The highest BCUT2D eigenvalue weighted by molar-refractivity contribution is 6.31. The van der Waals surface area contributed by atoms with E-state index in [9.17, 15) is 0 Å². The molecule has 3 rings (SSSR count).